The fraction of sp³-hybridized carbons (Fsp3) is 0.407. The van der Waals surface area contributed by atoms with Gasteiger partial charge in [-0.3, -0.25) is 0 Å². The molecule has 0 radical (unpaired) electrons. The lowest BCUT2D eigenvalue weighted by Gasteiger charge is -2.53. The van der Waals surface area contributed by atoms with Gasteiger partial charge in [0.05, 0.1) is 30.0 Å². The summed E-state index contributed by atoms with van der Waals surface area (Å²) in [4.78, 5) is 13.9. The van der Waals surface area contributed by atoms with Gasteiger partial charge in [-0.05, 0) is 49.6 Å². The first-order valence-corrected chi connectivity index (χ1v) is 14.1. The molecule has 3 heterocycles. The molecule has 2 aliphatic heterocycles. The van der Waals surface area contributed by atoms with Crippen LogP contribution in [0.25, 0.3) is 0 Å². The van der Waals surface area contributed by atoms with Gasteiger partial charge in [-0.1, -0.05) is 23.7 Å². The van der Waals surface area contributed by atoms with Crippen LogP contribution in [0.1, 0.15) is 12.8 Å². The van der Waals surface area contributed by atoms with Crippen LogP contribution in [0.4, 0.5) is 28.8 Å². The number of anilines is 5. The van der Waals surface area contributed by atoms with Gasteiger partial charge in [0, 0.05) is 52.2 Å². The summed E-state index contributed by atoms with van der Waals surface area (Å²) in [5.74, 6) is 1.60. The zero-order valence-electron chi connectivity index (χ0n) is 22.2. The maximum absolute atomic E-state index is 6.45. The lowest BCUT2D eigenvalue weighted by molar-refractivity contribution is 0.00131. The van der Waals surface area contributed by atoms with Crippen LogP contribution in [0.15, 0.2) is 48.7 Å². The highest BCUT2D eigenvalue weighted by atomic mass is 35.5. The quantitative estimate of drug-likeness (QED) is 0.337. The van der Waals surface area contributed by atoms with Crippen molar-refractivity contribution in [3.63, 3.8) is 0 Å². The summed E-state index contributed by atoms with van der Waals surface area (Å²) >= 11 is 6.45. The number of hydrogen-bond acceptors (Lipinski definition) is 9. The van der Waals surface area contributed by atoms with E-state index in [2.05, 4.69) is 49.6 Å². The van der Waals surface area contributed by atoms with E-state index in [4.69, 9.17) is 25.4 Å². The number of methoxy groups -OCH3 is 1. The Kier molecular flexibility index (Phi) is 8.21. The van der Waals surface area contributed by atoms with Gasteiger partial charge in [-0.2, -0.15) is 4.98 Å². The van der Waals surface area contributed by atoms with E-state index in [1.165, 1.54) is 31.6 Å². The van der Waals surface area contributed by atoms with Crippen LogP contribution < -0.4 is 25.6 Å². The van der Waals surface area contributed by atoms with Crippen LogP contribution in [0.5, 0.6) is 5.75 Å². The van der Waals surface area contributed by atoms with Gasteiger partial charge in [0.2, 0.25) is 14.3 Å². The molecule has 2 aliphatic rings. The molecular weight excluding hydrogens is 523 g/mol. The van der Waals surface area contributed by atoms with Crippen molar-refractivity contribution in [2.24, 2.45) is 5.41 Å². The van der Waals surface area contributed by atoms with Crippen molar-refractivity contribution < 1.29 is 13.8 Å². The van der Waals surface area contributed by atoms with Gasteiger partial charge in [-0.15, -0.1) is 0 Å². The molecule has 0 aliphatic carbocycles. The Balaban J connectivity index is 1.31. The van der Waals surface area contributed by atoms with E-state index < -0.39 is 8.38 Å². The van der Waals surface area contributed by atoms with Crippen molar-refractivity contribution in [2.45, 2.75) is 12.8 Å². The van der Waals surface area contributed by atoms with Crippen molar-refractivity contribution >= 4 is 54.1 Å². The number of ether oxygens (including phenoxy) is 1. The average molecular weight is 557 g/mol. The summed E-state index contributed by atoms with van der Waals surface area (Å²) in [6, 6.07) is 14.0. The Labute approximate surface area is 230 Å². The Hall–Kier alpha value is -2.68. The molecule has 0 amide bonds. The molecule has 38 heavy (non-hydrogen) atoms. The van der Waals surface area contributed by atoms with Crippen molar-refractivity contribution in [3.05, 3.63) is 53.7 Å². The minimum atomic E-state index is -1.23. The van der Waals surface area contributed by atoms with Crippen molar-refractivity contribution in [2.75, 3.05) is 70.1 Å². The van der Waals surface area contributed by atoms with Gasteiger partial charge < -0.3 is 34.2 Å². The van der Waals surface area contributed by atoms with Crippen LogP contribution in [0, 0.1) is 5.41 Å². The SMILES string of the molecule is COc1cc(N2CCC3(CC2)CN(C)C3)ccc1Nc1ncc(Cl)c(Nc2ccccc2P(OC)OC)n1. The third-order valence-electron chi connectivity index (χ3n) is 7.26. The molecule has 0 bridgehead atoms. The number of piperidine rings is 1. The number of halogens is 1. The highest BCUT2D eigenvalue weighted by Crippen LogP contribution is 2.42. The summed E-state index contributed by atoms with van der Waals surface area (Å²) < 4.78 is 16.7. The van der Waals surface area contributed by atoms with Gasteiger partial charge in [0.1, 0.15) is 10.8 Å². The maximum atomic E-state index is 6.45. The number of likely N-dealkylation sites (tertiary alicyclic amines) is 1. The Morgan fingerprint density at radius 2 is 1.71 bits per heavy atom. The smallest absolute Gasteiger partial charge is 0.229 e. The molecule has 9 nitrogen and oxygen atoms in total. The number of benzene rings is 2. The zero-order valence-corrected chi connectivity index (χ0v) is 23.9. The molecule has 2 saturated heterocycles. The van der Waals surface area contributed by atoms with E-state index in [0.29, 0.717) is 22.2 Å². The first-order chi connectivity index (χ1) is 18.4. The van der Waals surface area contributed by atoms with E-state index >= 15 is 0 Å². The lowest BCUT2D eigenvalue weighted by Crippen LogP contribution is -2.58. The minimum Gasteiger partial charge on any atom is -0.494 e. The van der Waals surface area contributed by atoms with Crippen LogP contribution >= 0.6 is 20.0 Å². The Morgan fingerprint density at radius 1 is 0.974 bits per heavy atom. The van der Waals surface area contributed by atoms with Crippen LogP contribution in [0.3, 0.4) is 0 Å². The molecule has 202 valence electrons. The normalized spacial score (nSPS) is 16.9. The molecule has 5 rings (SSSR count). The van der Waals surface area contributed by atoms with Crippen LogP contribution in [-0.4, -0.2) is 69.4 Å². The number of nitrogens with zero attached hydrogens (tertiary/aromatic N) is 4. The number of nitrogens with one attached hydrogen (secondary N) is 2. The summed E-state index contributed by atoms with van der Waals surface area (Å²) in [5.41, 5.74) is 3.26. The van der Waals surface area contributed by atoms with Crippen molar-refractivity contribution in [1.29, 1.82) is 0 Å². The molecule has 11 heteroatoms. The molecule has 0 saturated carbocycles. The minimum absolute atomic E-state index is 0.396. The van der Waals surface area contributed by atoms with E-state index in [0.717, 1.165) is 35.5 Å². The first-order valence-electron chi connectivity index (χ1n) is 12.6. The largest absolute Gasteiger partial charge is 0.494 e. The predicted molar refractivity (Wildman–Crippen MR) is 155 cm³/mol. The molecular formula is C27H34ClN6O3P. The predicted octanol–water partition coefficient (Wildman–Crippen LogP) is 5.39. The molecule has 3 aromatic rings. The molecule has 2 fully saturated rings. The molecule has 1 spiro atoms. The summed E-state index contributed by atoms with van der Waals surface area (Å²) in [6.45, 7) is 4.57. The standard InChI is InChI=1S/C27H34ClN6O3P/c1-33-17-27(18-33)11-13-34(14-12-27)19-9-10-21(23(15-19)35-2)31-26-29-16-20(28)25(32-26)30-22-7-5-6-8-24(22)38(36-3)37-4/h5-10,15-16H,11-14,17-18H2,1-4H3,(H2,29,30,31,32). The van der Waals surface area contributed by atoms with Gasteiger partial charge in [-0.25, -0.2) is 4.98 Å². The summed E-state index contributed by atoms with van der Waals surface area (Å²) in [5, 5.41) is 7.88. The van der Waals surface area contributed by atoms with Gasteiger partial charge in [0.15, 0.2) is 5.82 Å². The van der Waals surface area contributed by atoms with Gasteiger partial charge >= 0.3 is 0 Å². The Bertz CT molecular complexity index is 1260. The summed E-state index contributed by atoms with van der Waals surface area (Å²) in [7, 11) is 5.90. The van der Waals surface area contributed by atoms with E-state index in [1.807, 2.05) is 30.3 Å². The van der Waals surface area contributed by atoms with Crippen molar-refractivity contribution in [1.82, 2.24) is 14.9 Å². The molecule has 0 atom stereocenters. The third kappa shape index (κ3) is 5.67. The van der Waals surface area contributed by atoms with Crippen molar-refractivity contribution in [3.8, 4) is 5.75 Å². The van der Waals surface area contributed by atoms with Gasteiger partial charge in [0.25, 0.3) is 0 Å². The topological polar surface area (TPSA) is 84.0 Å². The second kappa shape index (κ2) is 11.6. The number of para-hydroxylation sites is 1. The Morgan fingerprint density at radius 3 is 2.39 bits per heavy atom. The third-order valence-corrected chi connectivity index (χ3v) is 8.98. The number of aromatic nitrogens is 2. The molecule has 2 N–H and O–H groups in total. The van der Waals surface area contributed by atoms with E-state index in [-0.39, 0.29) is 0 Å². The zero-order chi connectivity index (χ0) is 26.7. The number of rotatable bonds is 9. The maximum Gasteiger partial charge on any atom is 0.229 e. The average Bonchev–Trinajstić information content (AvgIpc) is 2.92. The van der Waals surface area contributed by atoms with E-state index in [9.17, 15) is 0 Å². The molecule has 2 aromatic carbocycles. The van der Waals surface area contributed by atoms with Crippen LogP contribution in [0.2, 0.25) is 5.02 Å². The molecule has 0 unspecified atom stereocenters. The second-order valence-corrected chi connectivity index (χ2v) is 12.0. The van der Waals surface area contributed by atoms with E-state index in [1.54, 1.807) is 27.5 Å². The fourth-order valence-electron chi connectivity index (χ4n) is 5.41. The highest BCUT2D eigenvalue weighted by Gasteiger charge is 2.43. The van der Waals surface area contributed by atoms with Crippen LogP contribution in [-0.2, 0) is 9.05 Å². The second-order valence-electron chi connectivity index (χ2n) is 9.82. The molecule has 1 aromatic heterocycles. The highest BCUT2D eigenvalue weighted by molar-refractivity contribution is 7.56. The first kappa shape index (κ1) is 26.9. The fourth-order valence-corrected chi connectivity index (χ4v) is 6.62. The summed E-state index contributed by atoms with van der Waals surface area (Å²) in [6.07, 6.45) is 4.03. The lowest BCUT2D eigenvalue weighted by atomic mass is 9.72. The number of hydrogen-bond donors (Lipinski definition) is 2. The monoisotopic (exact) mass is 556 g/mol.